The van der Waals surface area contributed by atoms with Crippen LogP contribution in [0.3, 0.4) is 0 Å². The molecule has 27 heavy (non-hydrogen) atoms. The molecule has 2 aromatic carbocycles. The number of carbonyl (C=O) groups is 2. The summed E-state index contributed by atoms with van der Waals surface area (Å²) in [4.78, 5) is 23.6. The summed E-state index contributed by atoms with van der Waals surface area (Å²) in [5.41, 5.74) is 0.979. The first-order chi connectivity index (χ1) is 12.7. The van der Waals surface area contributed by atoms with Crippen molar-refractivity contribution < 1.29 is 32.6 Å². The zero-order chi connectivity index (χ0) is 20.0. The zero-order valence-electron chi connectivity index (χ0n) is 14.3. The van der Waals surface area contributed by atoms with Crippen molar-refractivity contribution in [1.29, 1.82) is 0 Å². The van der Waals surface area contributed by atoms with Gasteiger partial charge in [0.15, 0.2) is 0 Å². The summed E-state index contributed by atoms with van der Waals surface area (Å²) in [6.45, 7) is 1.69. The molecule has 0 spiro atoms. The molecule has 0 heterocycles. The smallest absolute Gasteiger partial charge is 0.550 e. The van der Waals surface area contributed by atoms with Gasteiger partial charge in [-0.3, -0.25) is 4.79 Å². The third kappa shape index (κ3) is 6.32. The van der Waals surface area contributed by atoms with E-state index in [1.165, 1.54) is 12.1 Å². The molecule has 1 amide bonds. The van der Waals surface area contributed by atoms with Crippen LogP contribution in [0.5, 0.6) is 5.75 Å². The second-order valence-electron chi connectivity index (χ2n) is 5.95. The fraction of sp³-hybridized carbons (Fsp3) is 0.263. The van der Waals surface area contributed by atoms with E-state index in [2.05, 4.69) is 10.1 Å². The van der Waals surface area contributed by atoms with Crippen LogP contribution in [0.1, 0.15) is 24.8 Å². The number of benzene rings is 2. The first-order valence-electron chi connectivity index (χ1n) is 8.07. The number of carbonyl (C=O) groups excluding carboxylic acids is 2. The van der Waals surface area contributed by atoms with Gasteiger partial charge in [-0.15, -0.1) is 13.2 Å². The molecule has 144 valence electrons. The van der Waals surface area contributed by atoms with Crippen LogP contribution >= 0.6 is 0 Å². The Labute approximate surface area is 153 Å². The minimum Gasteiger partial charge on any atom is -0.550 e. The number of aliphatic carboxylic acids is 1. The molecule has 0 saturated heterocycles. The van der Waals surface area contributed by atoms with Crippen molar-refractivity contribution in [3.05, 3.63) is 60.2 Å². The summed E-state index contributed by atoms with van der Waals surface area (Å²) in [6, 6.07) is 13.4. The van der Waals surface area contributed by atoms with Crippen molar-refractivity contribution in [1.82, 2.24) is 0 Å². The molecule has 0 saturated carbocycles. The Bertz CT molecular complexity index is 776. The Balaban J connectivity index is 2.01. The van der Waals surface area contributed by atoms with E-state index in [0.717, 1.165) is 17.7 Å². The van der Waals surface area contributed by atoms with Crippen molar-refractivity contribution in [2.24, 2.45) is 5.92 Å². The predicted octanol–water partition coefficient (Wildman–Crippen LogP) is 3.08. The zero-order valence-corrected chi connectivity index (χ0v) is 14.3. The van der Waals surface area contributed by atoms with Crippen molar-refractivity contribution in [3.63, 3.8) is 0 Å². The second-order valence-corrected chi connectivity index (χ2v) is 5.95. The minimum absolute atomic E-state index is 0.221. The molecular weight excluding hydrogens is 363 g/mol. The van der Waals surface area contributed by atoms with Crippen LogP contribution in [-0.2, 0) is 9.59 Å². The van der Waals surface area contributed by atoms with Crippen LogP contribution in [-0.4, -0.2) is 18.2 Å². The highest BCUT2D eigenvalue weighted by atomic mass is 19.4. The number of ether oxygens (including phenoxy) is 1. The van der Waals surface area contributed by atoms with E-state index in [1.807, 2.05) is 0 Å². The van der Waals surface area contributed by atoms with Gasteiger partial charge in [0.2, 0.25) is 5.91 Å². The van der Waals surface area contributed by atoms with E-state index in [4.69, 9.17) is 0 Å². The highest BCUT2D eigenvalue weighted by molar-refractivity contribution is 5.93. The fourth-order valence-corrected chi connectivity index (χ4v) is 2.60. The first-order valence-corrected chi connectivity index (χ1v) is 8.07. The molecule has 1 N–H and O–H groups in total. The Morgan fingerprint density at radius 2 is 1.67 bits per heavy atom. The number of anilines is 1. The van der Waals surface area contributed by atoms with Gasteiger partial charge in [-0.2, -0.15) is 0 Å². The van der Waals surface area contributed by atoms with E-state index in [0.29, 0.717) is 0 Å². The lowest BCUT2D eigenvalue weighted by Gasteiger charge is -2.25. The van der Waals surface area contributed by atoms with Crippen molar-refractivity contribution >= 4 is 17.6 Å². The summed E-state index contributed by atoms with van der Waals surface area (Å²) in [6.07, 6.45) is -5.14. The number of hydrogen-bond donors (Lipinski definition) is 1. The summed E-state index contributed by atoms with van der Waals surface area (Å²) in [5, 5.41) is 13.9. The Hall–Kier alpha value is -3.03. The van der Waals surface area contributed by atoms with E-state index < -0.39 is 35.8 Å². The van der Waals surface area contributed by atoms with Gasteiger partial charge in [-0.05, 0) is 35.7 Å². The van der Waals surface area contributed by atoms with E-state index in [9.17, 15) is 27.9 Å². The normalized spacial score (nSPS) is 13.5. The second kappa shape index (κ2) is 8.57. The summed E-state index contributed by atoms with van der Waals surface area (Å²) in [7, 11) is 0. The van der Waals surface area contributed by atoms with Crippen LogP contribution in [0.4, 0.5) is 18.9 Å². The highest BCUT2D eigenvalue weighted by Crippen LogP contribution is 2.27. The SMILES string of the molecule is C[C@@H](c1ccccc1)[C@@H](CC(=O)Nc1ccc(OC(F)(F)F)cc1)C(=O)[O-]. The number of carboxylic acids is 1. The largest absolute Gasteiger partial charge is 0.573 e. The number of nitrogens with one attached hydrogen (secondary N) is 1. The Morgan fingerprint density at radius 1 is 1.07 bits per heavy atom. The highest BCUT2D eigenvalue weighted by Gasteiger charge is 2.31. The third-order valence-corrected chi connectivity index (χ3v) is 4.01. The topological polar surface area (TPSA) is 78.5 Å². The van der Waals surface area contributed by atoms with Gasteiger partial charge < -0.3 is 20.0 Å². The van der Waals surface area contributed by atoms with Crippen LogP contribution in [0.2, 0.25) is 0 Å². The van der Waals surface area contributed by atoms with Gasteiger partial charge in [0.05, 0.1) is 0 Å². The number of rotatable bonds is 7. The molecule has 2 atom stereocenters. The van der Waals surface area contributed by atoms with Crippen LogP contribution in [0, 0.1) is 5.92 Å². The molecule has 0 unspecified atom stereocenters. The van der Waals surface area contributed by atoms with Gasteiger partial charge in [0.25, 0.3) is 0 Å². The summed E-state index contributed by atoms with van der Waals surface area (Å²) in [5.74, 6) is -3.87. The molecule has 0 aliphatic rings. The molecule has 0 fully saturated rings. The maximum absolute atomic E-state index is 12.2. The molecule has 0 radical (unpaired) electrons. The molecule has 0 aliphatic carbocycles. The number of amides is 1. The van der Waals surface area contributed by atoms with Crippen molar-refractivity contribution in [3.8, 4) is 5.75 Å². The first kappa shape index (κ1) is 20.3. The third-order valence-electron chi connectivity index (χ3n) is 4.01. The lowest BCUT2D eigenvalue weighted by Crippen LogP contribution is -2.36. The molecule has 2 rings (SSSR count). The Morgan fingerprint density at radius 3 is 2.19 bits per heavy atom. The van der Waals surface area contributed by atoms with E-state index >= 15 is 0 Å². The van der Waals surface area contributed by atoms with Crippen LogP contribution in [0.25, 0.3) is 0 Å². The molecular formula is C19H17F3NO4-. The number of alkyl halides is 3. The van der Waals surface area contributed by atoms with Crippen molar-refractivity contribution in [2.75, 3.05) is 5.32 Å². The molecule has 0 aliphatic heterocycles. The number of hydrogen-bond acceptors (Lipinski definition) is 4. The lowest BCUT2D eigenvalue weighted by atomic mass is 9.85. The molecule has 5 nitrogen and oxygen atoms in total. The molecule has 8 heteroatoms. The maximum atomic E-state index is 12.2. The number of halogens is 3. The quantitative estimate of drug-likeness (QED) is 0.801. The van der Waals surface area contributed by atoms with Gasteiger partial charge in [0, 0.05) is 24.0 Å². The number of carboxylic acid groups (broad SMARTS) is 1. The lowest BCUT2D eigenvalue weighted by molar-refractivity contribution is -0.312. The predicted molar refractivity (Wildman–Crippen MR) is 89.7 cm³/mol. The Kier molecular flexibility index (Phi) is 6.44. The van der Waals surface area contributed by atoms with Gasteiger partial charge >= 0.3 is 6.36 Å². The summed E-state index contributed by atoms with van der Waals surface area (Å²) >= 11 is 0. The minimum atomic E-state index is -4.81. The van der Waals surface area contributed by atoms with Gasteiger partial charge in [-0.1, -0.05) is 37.3 Å². The van der Waals surface area contributed by atoms with Crippen LogP contribution in [0.15, 0.2) is 54.6 Å². The van der Waals surface area contributed by atoms with E-state index in [-0.39, 0.29) is 12.1 Å². The van der Waals surface area contributed by atoms with E-state index in [1.54, 1.807) is 37.3 Å². The molecule has 0 bridgehead atoms. The van der Waals surface area contributed by atoms with Crippen molar-refractivity contribution in [2.45, 2.75) is 25.6 Å². The average Bonchev–Trinajstić information content (AvgIpc) is 2.60. The monoisotopic (exact) mass is 380 g/mol. The van der Waals surface area contributed by atoms with Gasteiger partial charge in [-0.25, -0.2) is 0 Å². The maximum Gasteiger partial charge on any atom is 0.573 e. The molecule has 0 aromatic heterocycles. The summed E-state index contributed by atoms with van der Waals surface area (Å²) < 4.78 is 40.1. The molecule has 2 aromatic rings. The van der Waals surface area contributed by atoms with Gasteiger partial charge in [0.1, 0.15) is 5.75 Å². The van der Waals surface area contributed by atoms with Crippen LogP contribution < -0.4 is 15.2 Å². The average molecular weight is 380 g/mol. The fourth-order valence-electron chi connectivity index (χ4n) is 2.60. The standard InChI is InChI=1S/C19H18F3NO4/c1-12(13-5-3-2-4-6-13)16(18(25)26)11-17(24)23-14-7-9-15(10-8-14)27-19(20,21)22/h2-10,12,16H,11H2,1H3,(H,23,24)(H,25,26)/p-1/t12-,16+/m0/s1.